The van der Waals surface area contributed by atoms with E-state index in [4.69, 9.17) is 5.11 Å². The van der Waals surface area contributed by atoms with Gasteiger partial charge in [0.05, 0.1) is 11.4 Å². The zero-order chi connectivity index (χ0) is 14.4. The normalized spacial score (nSPS) is 11.9. The summed E-state index contributed by atoms with van der Waals surface area (Å²) in [6, 6.07) is 2.72. The quantitative estimate of drug-likeness (QED) is 0.844. The maximum atomic E-state index is 13.2. The Hall–Kier alpha value is -1.63. The Labute approximate surface area is 113 Å². The van der Waals surface area contributed by atoms with Crippen molar-refractivity contribution in [2.75, 3.05) is 11.1 Å². The molecule has 0 saturated carbocycles. The Morgan fingerprint density at radius 1 is 1.42 bits per heavy atom. The minimum Gasteiger partial charge on any atom is -0.480 e. The lowest BCUT2D eigenvalue weighted by Gasteiger charge is -2.10. The summed E-state index contributed by atoms with van der Waals surface area (Å²) in [6.45, 7) is 1.69. The second kappa shape index (κ2) is 7.08. The third kappa shape index (κ3) is 4.86. The molecule has 0 aliphatic rings. The molecule has 0 aliphatic carbocycles. The lowest BCUT2D eigenvalue weighted by atomic mass is 10.3. The van der Waals surface area contributed by atoms with Crippen LogP contribution < -0.4 is 5.32 Å². The molecule has 4 nitrogen and oxygen atoms in total. The van der Waals surface area contributed by atoms with Gasteiger partial charge in [-0.05, 0) is 18.6 Å². The molecule has 0 bridgehead atoms. The molecule has 0 radical (unpaired) electrons. The highest BCUT2D eigenvalue weighted by molar-refractivity contribution is 8.01. The second-order valence-electron chi connectivity index (χ2n) is 3.72. The number of rotatable bonds is 6. The van der Waals surface area contributed by atoms with Crippen LogP contribution in [-0.4, -0.2) is 28.0 Å². The number of nitrogens with one attached hydrogen (secondary N) is 1. The topological polar surface area (TPSA) is 66.4 Å². The number of aliphatic carboxylic acids is 1. The molecule has 7 heteroatoms. The summed E-state index contributed by atoms with van der Waals surface area (Å²) in [4.78, 5) is 22.2. The molecule has 1 amide bonds. The van der Waals surface area contributed by atoms with Gasteiger partial charge in [-0.2, -0.15) is 0 Å². The molecule has 0 aliphatic heterocycles. The summed E-state index contributed by atoms with van der Waals surface area (Å²) < 4.78 is 26.1. The minimum absolute atomic E-state index is 0.138. The van der Waals surface area contributed by atoms with Crippen LogP contribution in [0.3, 0.4) is 0 Å². The molecular weight excluding hydrogens is 276 g/mol. The SMILES string of the molecule is CCC(SCC(=O)Nc1cc(F)ccc1F)C(=O)O. The van der Waals surface area contributed by atoms with Gasteiger partial charge in [-0.25, -0.2) is 8.78 Å². The Bertz CT molecular complexity index is 482. The average Bonchev–Trinajstić information content (AvgIpc) is 2.34. The van der Waals surface area contributed by atoms with E-state index >= 15 is 0 Å². The summed E-state index contributed by atoms with van der Waals surface area (Å²) >= 11 is 0.939. The molecule has 1 aromatic carbocycles. The number of carbonyl (C=O) groups is 2. The van der Waals surface area contributed by atoms with Crippen LogP contribution in [0.25, 0.3) is 0 Å². The Balaban J connectivity index is 2.56. The predicted molar refractivity (Wildman–Crippen MR) is 69.2 cm³/mol. The van der Waals surface area contributed by atoms with Gasteiger partial charge in [0, 0.05) is 6.07 Å². The van der Waals surface area contributed by atoms with E-state index in [0.29, 0.717) is 6.42 Å². The molecule has 0 saturated heterocycles. The van der Waals surface area contributed by atoms with Gasteiger partial charge in [0.25, 0.3) is 0 Å². The summed E-state index contributed by atoms with van der Waals surface area (Å²) in [5.74, 6) is -3.13. The lowest BCUT2D eigenvalue weighted by molar-refractivity contribution is -0.136. The highest BCUT2D eigenvalue weighted by Crippen LogP contribution is 2.18. The van der Waals surface area contributed by atoms with Crippen molar-refractivity contribution in [2.45, 2.75) is 18.6 Å². The Kier molecular flexibility index (Phi) is 5.75. The van der Waals surface area contributed by atoms with Crippen LogP contribution in [0.15, 0.2) is 18.2 Å². The van der Waals surface area contributed by atoms with Crippen molar-refractivity contribution in [3.8, 4) is 0 Å². The van der Waals surface area contributed by atoms with Gasteiger partial charge in [0.2, 0.25) is 5.91 Å². The van der Waals surface area contributed by atoms with E-state index in [0.717, 1.165) is 30.0 Å². The van der Waals surface area contributed by atoms with E-state index in [-0.39, 0.29) is 11.4 Å². The van der Waals surface area contributed by atoms with Gasteiger partial charge in [-0.1, -0.05) is 6.92 Å². The van der Waals surface area contributed by atoms with Crippen LogP contribution >= 0.6 is 11.8 Å². The summed E-state index contributed by atoms with van der Waals surface area (Å²) in [5.41, 5.74) is -0.256. The first-order valence-electron chi connectivity index (χ1n) is 5.53. The maximum absolute atomic E-state index is 13.2. The number of anilines is 1. The van der Waals surface area contributed by atoms with Gasteiger partial charge in [-0.15, -0.1) is 11.8 Å². The third-order valence-corrected chi connectivity index (χ3v) is 3.63. The number of thioether (sulfide) groups is 1. The molecule has 1 aromatic rings. The van der Waals surface area contributed by atoms with Crippen LogP contribution in [0.1, 0.15) is 13.3 Å². The van der Waals surface area contributed by atoms with Crippen LogP contribution in [0.5, 0.6) is 0 Å². The van der Waals surface area contributed by atoms with Gasteiger partial charge in [0.15, 0.2) is 0 Å². The molecule has 0 heterocycles. The number of carbonyl (C=O) groups excluding carboxylic acids is 1. The predicted octanol–water partition coefficient (Wildman–Crippen LogP) is 2.50. The largest absolute Gasteiger partial charge is 0.480 e. The second-order valence-corrected chi connectivity index (χ2v) is 4.91. The van der Waals surface area contributed by atoms with Crippen LogP contribution in [-0.2, 0) is 9.59 Å². The summed E-state index contributed by atoms with van der Waals surface area (Å²) in [6.07, 6.45) is 0.377. The fourth-order valence-corrected chi connectivity index (χ4v) is 2.12. The number of benzene rings is 1. The number of hydrogen-bond acceptors (Lipinski definition) is 3. The molecule has 1 atom stereocenters. The van der Waals surface area contributed by atoms with Crippen molar-refractivity contribution >= 4 is 29.3 Å². The van der Waals surface area contributed by atoms with E-state index in [9.17, 15) is 18.4 Å². The molecule has 2 N–H and O–H groups in total. The number of hydrogen-bond donors (Lipinski definition) is 2. The highest BCUT2D eigenvalue weighted by Gasteiger charge is 2.17. The minimum atomic E-state index is -1.00. The van der Waals surface area contributed by atoms with Crippen molar-refractivity contribution in [2.24, 2.45) is 0 Å². The molecule has 0 fully saturated rings. The van der Waals surface area contributed by atoms with Crippen molar-refractivity contribution < 1.29 is 23.5 Å². The van der Waals surface area contributed by atoms with Gasteiger partial charge >= 0.3 is 5.97 Å². The van der Waals surface area contributed by atoms with Crippen LogP contribution in [0, 0.1) is 11.6 Å². The fraction of sp³-hybridized carbons (Fsp3) is 0.333. The van der Waals surface area contributed by atoms with E-state index in [2.05, 4.69) is 5.32 Å². The zero-order valence-corrected chi connectivity index (χ0v) is 11.0. The molecule has 1 unspecified atom stereocenters. The van der Waals surface area contributed by atoms with E-state index in [1.165, 1.54) is 0 Å². The van der Waals surface area contributed by atoms with Crippen molar-refractivity contribution in [1.29, 1.82) is 0 Å². The van der Waals surface area contributed by atoms with Gasteiger partial charge in [-0.3, -0.25) is 9.59 Å². The van der Waals surface area contributed by atoms with Crippen LogP contribution in [0.4, 0.5) is 14.5 Å². The standard InChI is InChI=1S/C12H13F2NO3S/c1-2-10(12(17)18)19-6-11(16)15-9-5-7(13)3-4-8(9)14/h3-5,10H,2,6H2,1H3,(H,15,16)(H,17,18). The lowest BCUT2D eigenvalue weighted by Crippen LogP contribution is -2.21. The smallest absolute Gasteiger partial charge is 0.316 e. The molecule has 0 aromatic heterocycles. The van der Waals surface area contributed by atoms with Crippen LogP contribution in [0.2, 0.25) is 0 Å². The Morgan fingerprint density at radius 2 is 2.11 bits per heavy atom. The maximum Gasteiger partial charge on any atom is 0.316 e. The molecule has 104 valence electrons. The molecule has 19 heavy (non-hydrogen) atoms. The first-order chi connectivity index (χ1) is 8.93. The van der Waals surface area contributed by atoms with Gasteiger partial charge in [0.1, 0.15) is 16.9 Å². The molecule has 0 spiro atoms. The number of carboxylic acid groups (broad SMARTS) is 1. The van der Waals surface area contributed by atoms with Crippen molar-refractivity contribution in [3.05, 3.63) is 29.8 Å². The first kappa shape index (κ1) is 15.4. The monoisotopic (exact) mass is 289 g/mol. The van der Waals surface area contributed by atoms with E-state index in [1.807, 2.05) is 0 Å². The highest BCUT2D eigenvalue weighted by atomic mass is 32.2. The number of carboxylic acids is 1. The van der Waals surface area contributed by atoms with E-state index < -0.39 is 28.8 Å². The molecular formula is C12H13F2NO3S. The summed E-state index contributed by atoms with van der Waals surface area (Å²) in [5, 5.41) is 10.3. The first-order valence-corrected chi connectivity index (χ1v) is 6.58. The number of halogens is 2. The third-order valence-electron chi connectivity index (χ3n) is 2.26. The van der Waals surface area contributed by atoms with Crippen molar-refractivity contribution in [3.63, 3.8) is 0 Å². The zero-order valence-electron chi connectivity index (χ0n) is 10.2. The molecule has 1 rings (SSSR count). The Morgan fingerprint density at radius 3 is 2.68 bits per heavy atom. The van der Waals surface area contributed by atoms with E-state index in [1.54, 1.807) is 6.92 Å². The number of amides is 1. The van der Waals surface area contributed by atoms with Crippen molar-refractivity contribution in [1.82, 2.24) is 0 Å². The fourth-order valence-electron chi connectivity index (χ4n) is 1.32. The summed E-state index contributed by atoms with van der Waals surface area (Å²) in [7, 11) is 0. The average molecular weight is 289 g/mol. The van der Waals surface area contributed by atoms with Gasteiger partial charge < -0.3 is 10.4 Å².